The van der Waals surface area contributed by atoms with Crippen molar-refractivity contribution in [2.75, 3.05) is 36.3 Å². The molecular weight excluding hydrogens is 1850 g/mol. The Bertz CT molecular complexity index is 7260. The summed E-state index contributed by atoms with van der Waals surface area (Å²) in [5, 5.41) is 27.9. The largest absolute Gasteiger partial charge is 0.497 e. The van der Waals surface area contributed by atoms with Gasteiger partial charge in [0.15, 0.2) is 46.3 Å². The second-order valence-electron chi connectivity index (χ2n) is 27.5. The van der Waals surface area contributed by atoms with Crippen molar-refractivity contribution in [2.45, 2.75) is 13.2 Å². The maximum absolute atomic E-state index is 12.3. The molecule has 0 aliphatic rings. The number of thiophene rings is 4. The molecule has 20 rings (SSSR count). The van der Waals surface area contributed by atoms with E-state index in [2.05, 4.69) is 84.2 Å². The Labute approximate surface area is 780 Å². The highest BCUT2D eigenvalue weighted by atomic mass is 36.0. The van der Waals surface area contributed by atoms with Gasteiger partial charge in [-0.2, -0.15) is 0 Å². The van der Waals surface area contributed by atoms with Crippen molar-refractivity contribution in [1.82, 2.24) is 59.8 Å². The zero-order valence-corrected chi connectivity index (χ0v) is 76.1. The van der Waals surface area contributed by atoms with Crippen LogP contribution < -0.4 is 48.4 Å². The van der Waals surface area contributed by atoms with Crippen molar-refractivity contribution in [3.8, 4) is 75.0 Å². The molecule has 0 fully saturated rings. The molecule has 0 spiro atoms. The number of ether oxygens (including phenoxy) is 2. The number of para-hydroxylation sites is 7. The Morgan fingerprint density at radius 1 is 0.408 bits per heavy atom. The fourth-order valence-electron chi connectivity index (χ4n) is 12.5. The third-order valence-electron chi connectivity index (χ3n) is 18.8. The average molecular weight is 1920 g/mol. The summed E-state index contributed by atoms with van der Waals surface area (Å²) in [5.41, 5.74) is 25.1. The predicted octanol–water partition coefficient (Wildman–Crippen LogP) is 23.3. The number of hydrogen-bond acceptors (Lipinski definition) is 27. The van der Waals surface area contributed by atoms with Gasteiger partial charge >= 0.3 is 5.20 Å². The van der Waals surface area contributed by atoms with Crippen LogP contribution in [0.2, 0.25) is 10.3 Å². The molecule has 10 aromatic heterocycles. The number of halogens is 5. The molecule has 0 aliphatic heterocycles. The van der Waals surface area contributed by atoms with Crippen molar-refractivity contribution in [2.24, 2.45) is 5.73 Å². The van der Waals surface area contributed by atoms with Crippen molar-refractivity contribution in [3.63, 3.8) is 0 Å². The number of hydrogen-bond donors (Lipinski definition) is 9. The summed E-state index contributed by atoms with van der Waals surface area (Å²) in [7, 11) is 3.24. The SMILES string of the molecule is COc1ccc(C=O)s1.COc1ccc(Nc2nc(-c3ccc(-c4nc(Nc5ccc(CO)cc5)c5ccccc5n4)s3)nc3ccccc23)cc1.Clc1nc(-c2ccc(-c3nc(Cl)c4ccccc4n3)s2)nc2ccccc12.NC(=O)c1ccccc1N.Nc1ccc(CO)cc1.O=P(Cl)(Cl)Cl.O=c1[nH]c(-c2ccc(-c3nc4ccccc4c(=O)[nH]3)s2)nc2ccccc12. The molecule has 0 atom stereocenters. The van der Waals surface area contributed by atoms with Gasteiger partial charge in [-0.3, -0.25) is 23.7 Å². The van der Waals surface area contributed by atoms with E-state index in [-0.39, 0.29) is 24.3 Å². The first kappa shape index (κ1) is 92.4. The van der Waals surface area contributed by atoms with Crippen LogP contribution in [0.4, 0.5) is 34.4 Å². The zero-order chi connectivity index (χ0) is 91.4. The topological polar surface area (TPSA) is 407 Å². The van der Waals surface area contributed by atoms with Crippen LogP contribution in [0.25, 0.3) is 130 Å². The van der Waals surface area contributed by atoms with Gasteiger partial charge in [0.1, 0.15) is 27.7 Å². The fraction of sp³-hybridized carbons (Fsp3) is 0.0426. The zero-order valence-electron chi connectivity index (χ0n) is 68.1. The number of aromatic amines is 2. The molecule has 650 valence electrons. The van der Waals surface area contributed by atoms with Crippen molar-refractivity contribution in [1.29, 1.82) is 0 Å². The van der Waals surface area contributed by atoms with Gasteiger partial charge in [0.25, 0.3) is 17.0 Å². The van der Waals surface area contributed by atoms with Crippen molar-refractivity contribution < 1.29 is 33.8 Å². The number of aromatic nitrogens is 12. The first-order chi connectivity index (χ1) is 62.9. The molecule has 0 saturated heterocycles. The minimum atomic E-state index is -3.22. The minimum absolute atomic E-state index is 0.00153. The van der Waals surface area contributed by atoms with Gasteiger partial charge in [0.05, 0.1) is 111 Å². The third kappa shape index (κ3) is 23.9. The van der Waals surface area contributed by atoms with Crippen LogP contribution in [0.15, 0.2) is 301 Å². The number of nitrogens with one attached hydrogen (secondary N) is 4. The van der Waals surface area contributed by atoms with Gasteiger partial charge in [-0.25, -0.2) is 49.8 Å². The van der Waals surface area contributed by atoms with E-state index in [0.29, 0.717) is 89.0 Å². The van der Waals surface area contributed by atoms with Crippen LogP contribution in [-0.2, 0) is 17.8 Å². The normalized spacial score (nSPS) is 10.8. The summed E-state index contributed by atoms with van der Waals surface area (Å²) >= 11 is 32.3. The van der Waals surface area contributed by atoms with E-state index in [1.165, 1.54) is 34.0 Å². The number of aldehydes is 1. The number of amides is 1. The average Bonchev–Trinajstić information content (AvgIpc) is 1.61. The highest BCUT2D eigenvalue weighted by molar-refractivity contribution is 8.24. The monoisotopic (exact) mass is 1920 g/mol. The molecule has 36 heteroatoms. The molecule has 0 aliphatic carbocycles. The number of carbonyl (C=O) groups excluding carboxylic acids is 2. The molecular formula is C94H71Cl5N17O9PS4. The Balaban J connectivity index is 0.000000136. The van der Waals surface area contributed by atoms with E-state index in [0.717, 1.165) is 124 Å². The number of rotatable bonds is 16. The summed E-state index contributed by atoms with van der Waals surface area (Å²) in [6.45, 7) is 0.0851. The molecule has 0 bridgehead atoms. The maximum atomic E-state index is 12.3. The number of primary amides is 1. The van der Waals surface area contributed by atoms with Crippen molar-refractivity contribution in [3.05, 3.63) is 344 Å². The number of aliphatic hydroxyl groups excluding tert-OH is 2. The predicted molar refractivity (Wildman–Crippen MR) is 529 cm³/mol. The number of fused-ring (bicyclic) bond motifs is 6. The molecule has 1 amide bonds. The van der Waals surface area contributed by atoms with E-state index < -0.39 is 11.1 Å². The van der Waals surface area contributed by atoms with Crippen molar-refractivity contribution >= 4 is 219 Å². The first-order valence-corrected chi connectivity index (χ1v) is 47.3. The van der Waals surface area contributed by atoms with Gasteiger partial charge < -0.3 is 57.5 Å². The number of H-pyrrole nitrogens is 2. The molecule has 20 aromatic rings. The quantitative estimate of drug-likeness (QED) is 0.0188. The van der Waals surface area contributed by atoms with Gasteiger partial charge in [0.2, 0.25) is 0 Å². The van der Waals surface area contributed by atoms with E-state index in [4.69, 9.17) is 74.9 Å². The number of nitrogen functional groups attached to an aromatic ring is 2. The number of nitrogens with zero attached hydrogens (tertiary/aromatic N) is 10. The summed E-state index contributed by atoms with van der Waals surface area (Å²) < 4.78 is 19.7. The van der Waals surface area contributed by atoms with Crippen LogP contribution >= 0.6 is 107 Å². The number of carbonyl (C=O) groups is 2. The lowest BCUT2D eigenvalue weighted by atomic mass is 10.2. The van der Waals surface area contributed by atoms with Crippen LogP contribution in [0.3, 0.4) is 0 Å². The molecule has 10 heterocycles. The highest BCUT2D eigenvalue weighted by Crippen LogP contribution is 2.61. The first-order valence-electron chi connectivity index (χ1n) is 38.9. The molecule has 130 heavy (non-hydrogen) atoms. The highest BCUT2D eigenvalue weighted by Gasteiger charge is 2.20. The van der Waals surface area contributed by atoms with E-state index >= 15 is 0 Å². The third-order valence-corrected chi connectivity index (χ3v) is 23.6. The fourth-order valence-corrected chi connectivity index (χ4v) is 16.3. The molecule has 26 nitrogen and oxygen atoms in total. The molecule has 10 aromatic carbocycles. The van der Waals surface area contributed by atoms with Crippen LogP contribution in [0.5, 0.6) is 10.8 Å². The number of anilines is 6. The van der Waals surface area contributed by atoms with E-state index in [1.54, 1.807) is 98.4 Å². The lowest BCUT2D eigenvalue weighted by Crippen LogP contribution is -2.12. The summed E-state index contributed by atoms with van der Waals surface area (Å²) in [6, 6.07) is 90.1. The molecule has 0 unspecified atom stereocenters. The van der Waals surface area contributed by atoms with Gasteiger partial charge in [-0.15, -0.1) is 34.0 Å². The summed E-state index contributed by atoms with van der Waals surface area (Å²) in [6.07, 6.45) is 0.813. The maximum Gasteiger partial charge on any atom is 0.339 e. The van der Waals surface area contributed by atoms with Gasteiger partial charge in [0, 0.05) is 44.3 Å². The van der Waals surface area contributed by atoms with E-state index in [1.807, 2.05) is 218 Å². The Hall–Kier alpha value is -13.8. The standard InChI is InChI=1S/C34H26N6O2S.C20H10Cl2N4S.C20H12N4O2S.C7H8N2O.C7H9NO.C6H6O2S.Cl3OP/c1-42-24-16-14-23(15-17-24)36-32-26-7-3-5-9-28(26)38-34(40-32)30-19-18-29(43-30)33-37-27-8-4-2-6-25(27)31(39-33)35-22-12-10-21(20-41)11-13-22;21-17-11-5-1-3-7-13(11)23-19(25-17)15-9-10-16(27-15)20-24-14-8-4-2-6-12(14)18(22)26-20;25-19-11-5-1-3-7-13(11)21-17(23-19)15-9-10-16(27-15)18-22-14-8-4-2-6-12(14)20(26)24-18;8-6-4-2-1-3-5(6)7(9)10;8-7-3-1-6(5-9)2-4-7;1-8-6-3-2-5(4-7)9-6;1-5(2,3)4/h2-19,41H,20H2,1H3,(H,35,37,39)(H,36,38,40);1-10H;1-10H,(H,21,23,25)(H,22,24,26);1-4H,8H2,(H2,9,10);1-4,9H,5,8H2;2-4H,1H3;. The second kappa shape index (κ2) is 43.3. The number of aliphatic hydroxyl groups is 2. The number of methoxy groups -OCH3 is 2. The van der Waals surface area contributed by atoms with Crippen LogP contribution in [0, 0.1) is 0 Å². The summed E-state index contributed by atoms with van der Waals surface area (Å²) in [4.78, 5) is 104. The minimum Gasteiger partial charge on any atom is -0.497 e. The lowest BCUT2D eigenvalue weighted by Gasteiger charge is -2.11. The van der Waals surface area contributed by atoms with Crippen LogP contribution in [-0.4, -0.2) is 96.4 Å². The van der Waals surface area contributed by atoms with Gasteiger partial charge in [-0.1, -0.05) is 144 Å². The lowest BCUT2D eigenvalue weighted by molar-refractivity contribution is 0.100. The van der Waals surface area contributed by atoms with Crippen LogP contribution in [0.1, 0.15) is 31.2 Å². The summed E-state index contributed by atoms with van der Waals surface area (Å²) in [5.74, 6) is 5.13. The second-order valence-corrected chi connectivity index (χ2v) is 39.1. The smallest absolute Gasteiger partial charge is 0.339 e. The number of benzene rings is 10. The van der Waals surface area contributed by atoms with Gasteiger partial charge in [-0.05, 0) is 227 Å². The number of nitrogens with two attached hydrogens (primary N) is 3. The Morgan fingerprint density at radius 2 is 0.746 bits per heavy atom. The Morgan fingerprint density at radius 3 is 1.11 bits per heavy atom. The molecule has 12 N–H and O–H groups in total. The van der Waals surface area contributed by atoms with E-state index in [9.17, 15) is 28.8 Å². The molecule has 0 saturated carbocycles. The molecule has 0 radical (unpaired) electrons. The Kier molecular flexibility index (Phi) is 30.8.